The summed E-state index contributed by atoms with van der Waals surface area (Å²) in [4.78, 5) is 73.1. The molecular formula is C85H148O17P2. The molecule has 0 aliphatic heterocycles. The number of aliphatic hydroxyl groups excluding tert-OH is 1. The zero-order valence-corrected chi connectivity index (χ0v) is 67.5. The van der Waals surface area contributed by atoms with Gasteiger partial charge in [0.25, 0.3) is 0 Å². The van der Waals surface area contributed by atoms with Gasteiger partial charge in [0, 0.05) is 25.7 Å². The Morgan fingerprint density at radius 1 is 0.279 bits per heavy atom. The maximum atomic E-state index is 13.1. The van der Waals surface area contributed by atoms with Crippen LogP contribution in [0.15, 0.2) is 109 Å². The topological polar surface area (TPSA) is 237 Å². The highest BCUT2D eigenvalue weighted by molar-refractivity contribution is 7.47. The molecule has 0 rings (SSSR count). The Morgan fingerprint density at radius 2 is 0.500 bits per heavy atom. The standard InChI is InChI=1S/C85H148O17P2/c1-5-9-13-17-21-25-29-33-35-37-39-41-43-47-49-53-57-61-65-69-82(87)95-75-80(101-84(89)71-67-63-59-55-51-45-31-27-23-19-15-11-7-3)77-99-103(91,92)97-73-79(86)74-98-104(93,94)100-78-81(102-85(90)72-68-64-60-56-52-46-32-28-24-20-16-12-8-4)76-96-83(88)70-66-62-58-54-50-48-44-42-40-38-36-34-30-26-22-18-14-10-6-2/h9,13,21-22,25-26,28,32-36,39-42,47,49,79-81,86H,5-8,10-12,14-20,23-24,27,29-31,37-38,43-46,48,50-78H2,1-4H3,(H,91,92)(H,93,94)/b13-9-,25-21-,26-22-,32-28-,35-33-,36-34-,41-39-,42-40-,49-47-. The predicted octanol–water partition coefficient (Wildman–Crippen LogP) is 24.1. The van der Waals surface area contributed by atoms with E-state index < -0.39 is 97.5 Å². The van der Waals surface area contributed by atoms with Crippen LogP contribution in [0.5, 0.6) is 0 Å². The predicted molar refractivity (Wildman–Crippen MR) is 427 cm³/mol. The summed E-state index contributed by atoms with van der Waals surface area (Å²) >= 11 is 0. The molecule has 0 amide bonds. The molecule has 19 heteroatoms. The number of phosphoric ester groups is 2. The maximum absolute atomic E-state index is 13.1. The Balaban J connectivity index is 5.35. The zero-order valence-electron chi connectivity index (χ0n) is 65.7. The second-order valence-electron chi connectivity index (χ2n) is 27.3. The molecule has 0 saturated carbocycles. The molecule has 5 unspecified atom stereocenters. The molecule has 17 nitrogen and oxygen atoms in total. The van der Waals surface area contributed by atoms with Crippen molar-refractivity contribution in [1.82, 2.24) is 0 Å². The van der Waals surface area contributed by atoms with Crippen LogP contribution in [-0.2, 0) is 65.4 Å². The Kier molecular flexibility index (Phi) is 73.7. The van der Waals surface area contributed by atoms with E-state index in [0.717, 1.165) is 173 Å². The van der Waals surface area contributed by atoms with Gasteiger partial charge in [-0.25, -0.2) is 9.13 Å². The smallest absolute Gasteiger partial charge is 0.462 e. The van der Waals surface area contributed by atoms with Gasteiger partial charge in [-0.2, -0.15) is 0 Å². The van der Waals surface area contributed by atoms with Crippen molar-refractivity contribution in [1.29, 1.82) is 0 Å². The van der Waals surface area contributed by atoms with Crippen LogP contribution < -0.4 is 0 Å². The summed E-state index contributed by atoms with van der Waals surface area (Å²) in [5, 5.41) is 10.6. The van der Waals surface area contributed by atoms with Crippen molar-refractivity contribution in [3.63, 3.8) is 0 Å². The third-order valence-corrected chi connectivity index (χ3v) is 19.1. The van der Waals surface area contributed by atoms with Gasteiger partial charge >= 0.3 is 39.5 Å². The van der Waals surface area contributed by atoms with Crippen LogP contribution in [0, 0.1) is 0 Å². The fourth-order valence-electron chi connectivity index (χ4n) is 11.0. The van der Waals surface area contributed by atoms with E-state index in [1.807, 2.05) is 0 Å². The van der Waals surface area contributed by atoms with Gasteiger partial charge in [0.1, 0.15) is 19.3 Å². The van der Waals surface area contributed by atoms with Gasteiger partial charge in [-0.1, -0.05) is 298 Å². The quantitative estimate of drug-likeness (QED) is 0.0169. The summed E-state index contributed by atoms with van der Waals surface area (Å²) in [6.45, 7) is 4.70. The second kappa shape index (κ2) is 76.9. The molecule has 0 radical (unpaired) electrons. The highest BCUT2D eigenvalue weighted by Crippen LogP contribution is 2.45. The number of aliphatic hydroxyl groups is 1. The van der Waals surface area contributed by atoms with Crippen molar-refractivity contribution >= 4 is 39.5 Å². The van der Waals surface area contributed by atoms with Crippen LogP contribution in [0.25, 0.3) is 0 Å². The second-order valence-corrected chi connectivity index (χ2v) is 30.2. The molecule has 0 aliphatic carbocycles. The summed E-state index contributed by atoms with van der Waals surface area (Å²) in [7, 11) is -9.97. The zero-order chi connectivity index (χ0) is 76.0. The minimum atomic E-state index is -4.98. The normalized spacial score (nSPS) is 14.4. The molecule has 0 fully saturated rings. The molecule has 104 heavy (non-hydrogen) atoms. The molecule has 0 aromatic heterocycles. The van der Waals surface area contributed by atoms with E-state index in [4.69, 9.17) is 37.0 Å². The van der Waals surface area contributed by atoms with Gasteiger partial charge in [0.05, 0.1) is 26.4 Å². The number of hydrogen-bond acceptors (Lipinski definition) is 15. The Morgan fingerprint density at radius 3 is 0.817 bits per heavy atom. The molecule has 0 aromatic carbocycles. The number of carbonyl (C=O) groups is 4. The maximum Gasteiger partial charge on any atom is 0.472 e. The van der Waals surface area contributed by atoms with E-state index in [-0.39, 0.29) is 25.7 Å². The minimum Gasteiger partial charge on any atom is -0.462 e. The lowest BCUT2D eigenvalue weighted by atomic mass is 10.0. The molecular weight excluding hydrogens is 1350 g/mol. The summed E-state index contributed by atoms with van der Waals surface area (Å²) in [6.07, 6.45) is 83.4. The van der Waals surface area contributed by atoms with E-state index in [1.165, 1.54) is 96.3 Å². The summed E-state index contributed by atoms with van der Waals surface area (Å²) in [5.41, 5.74) is 0. The first-order chi connectivity index (χ1) is 50.7. The van der Waals surface area contributed by atoms with Gasteiger partial charge in [-0.15, -0.1) is 0 Å². The average Bonchev–Trinajstić information content (AvgIpc) is 0.913. The highest BCUT2D eigenvalue weighted by atomic mass is 31.2. The lowest BCUT2D eigenvalue weighted by Crippen LogP contribution is -2.30. The van der Waals surface area contributed by atoms with Crippen molar-refractivity contribution in [2.24, 2.45) is 0 Å². The summed E-state index contributed by atoms with van der Waals surface area (Å²) in [5.74, 6) is -2.22. The largest absolute Gasteiger partial charge is 0.472 e. The Bertz CT molecular complexity index is 2390. The number of ether oxygens (including phenoxy) is 4. The van der Waals surface area contributed by atoms with Crippen molar-refractivity contribution in [3.05, 3.63) is 109 Å². The first-order valence-electron chi connectivity index (χ1n) is 41.1. The molecule has 3 N–H and O–H groups in total. The summed E-state index contributed by atoms with van der Waals surface area (Å²) < 4.78 is 68.6. The average molecular weight is 1500 g/mol. The van der Waals surface area contributed by atoms with Crippen molar-refractivity contribution in [2.45, 2.75) is 367 Å². The molecule has 0 aromatic rings. The number of esters is 4. The van der Waals surface area contributed by atoms with E-state index in [1.54, 1.807) is 0 Å². The summed E-state index contributed by atoms with van der Waals surface area (Å²) in [6, 6.07) is 0. The van der Waals surface area contributed by atoms with Gasteiger partial charge in [-0.05, 0) is 135 Å². The molecule has 0 bridgehead atoms. The molecule has 0 aliphatic rings. The fourth-order valence-corrected chi connectivity index (χ4v) is 12.5. The van der Waals surface area contributed by atoms with Gasteiger partial charge in [-0.3, -0.25) is 37.3 Å². The van der Waals surface area contributed by atoms with Crippen LogP contribution in [0.4, 0.5) is 0 Å². The number of carbonyl (C=O) groups excluding carboxylic acids is 4. The molecule has 5 atom stereocenters. The highest BCUT2D eigenvalue weighted by Gasteiger charge is 2.30. The number of hydrogen-bond donors (Lipinski definition) is 3. The molecule has 0 saturated heterocycles. The molecule has 0 heterocycles. The minimum absolute atomic E-state index is 0.0815. The van der Waals surface area contributed by atoms with Crippen LogP contribution in [0.3, 0.4) is 0 Å². The van der Waals surface area contributed by atoms with Crippen LogP contribution >= 0.6 is 15.6 Å². The third-order valence-electron chi connectivity index (χ3n) is 17.2. The van der Waals surface area contributed by atoms with Crippen molar-refractivity contribution in [2.75, 3.05) is 39.6 Å². The van der Waals surface area contributed by atoms with Crippen LogP contribution in [0.1, 0.15) is 349 Å². The third kappa shape index (κ3) is 75.9. The van der Waals surface area contributed by atoms with E-state index in [2.05, 4.69) is 137 Å². The molecule has 0 spiro atoms. The van der Waals surface area contributed by atoms with Crippen LogP contribution in [-0.4, -0.2) is 96.7 Å². The number of allylic oxidation sites excluding steroid dienone is 18. The SMILES string of the molecule is CC/C=C\C/C=C\C/C=C\C/C=C\C/C=C\CCCCCC(=O)OCC(COP(=O)(O)OCC(O)COP(=O)(O)OCC(COC(=O)CCCCCCCC/C=C\C/C=C\C/C=C\CCCCC)OC(=O)CCCCCCC/C=C\CCCCCC)OC(=O)CCCCCCCCCCCCCCC. The fraction of sp³-hybridized carbons (Fsp3) is 0.741. The first-order valence-corrected chi connectivity index (χ1v) is 44.1. The van der Waals surface area contributed by atoms with Crippen molar-refractivity contribution in [3.8, 4) is 0 Å². The van der Waals surface area contributed by atoms with E-state index in [0.29, 0.717) is 25.7 Å². The van der Waals surface area contributed by atoms with E-state index in [9.17, 15) is 43.2 Å². The van der Waals surface area contributed by atoms with E-state index >= 15 is 0 Å². The van der Waals surface area contributed by atoms with Crippen LogP contribution in [0.2, 0.25) is 0 Å². The van der Waals surface area contributed by atoms with Gasteiger partial charge < -0.3 is 33.8 Å². The van der Waals surface area contributed by atoms with Gasteiger partial charge in [0.2, 0.25) is 0 Å². The number of rotatable bonds is 77. The van der Waals surface area contributed by atoms with Gasteiger partial charge in [0.15, 0.2) is 12.2 Å². The number of phosphoric acid groups is 2. The molecule has 600 valence electrons. The van der Waals surface area contributed by atoms with Crippen molar-refractivity contribution < 1.29 is 80.2 Å². The Hall–Kier alpha value is -4.28. The lowest BCUT2D eigenvalue weighted by Gasteiger charge is -2.21. The first kappa shape index (κ1) is 99.7. The Labute approximate surface area is 632 Å². The lowest BCUT2D eigenvalue weighted by molar-refractivity contribution is -0.161. The number of unbranched alkanes of at least 4 members (excludes halogenated alkanes) is 33. The monoisotopic (exact) mass is 1500 g/mol.